The Bertz CT molecular complexity index is 2220. The zero-order chi connectivity index (χ0) is 40.9. The van der Waals surface area contributed by atoms with Crippen molar-refractivity contribution in [2.45, 2.75) is 97.6 Å². The number of aromatic nitrogens is 2. The zero-order valence-corrected chi connectivity index (χ0v) is 37.1. The number of carbonyl (C=O) groups is 2. The maximum absolute atomic E-state index is 13.4. The smallest absolute Gasteiger partial charge is 0.255 e. The second-order valence-electron chi connectivity index (χ2n) is 16.8. The van der Waals surface area contributed by atoms with Crippen LogP contribution in [0.2, 0.25) is 15.1 Å². The highest BCUT2D eigenvalue weighted by Crippen LogP contribution is 2.55. The van der Waals surface area contributed by atoms with E-state index < -0.39 is 0 Å². The molecule has 4 bridgehead atoms. The second kappa shape index (κ2) is 19.0. The number of hydrogen-bond acceptors (Lipinski definition) is 6. The van der Waals surface area contributed by atoms with Crippen LogP contribution in [0.15, 0.2) is 113 Å². The number of halogens is 3. The van der Waals surface area contributed by atoms with Gasteiger partial charge in [0, 0.05) is 58.2 Å². The molecule has 5 fully saturated rings. The van der Waals surface area contributed by atoms with Gasteiger partial charge in [0.2, 0.25) is 0 Å². The molecule has 2 aromatic heterocycles. The first-order valence-corrected chi connectivity index (χ1v) is 23.7. The Labute approximate surface area is 371 Å². The summed E-state index contributed by atoms with van der Waals surface area (Å²) in [6.45, 7) is 2.84. The highest BCUT2D eigenvalue weighted by Gasteiger charge is 2.51. The SMILES string of the molecule is Cc1cccc(Cl)c1SCc1cncc(C(=O)NC23CC4CC(CC(C4)C2)C3)c1.O=C(c1cncc(CSc2c(Cl)cccc2Cl)c1)N1CCCCC1c1ccccc1. The topological polar surface area (TPSA) is 75.2 Å². The number of likely N-dealkylation sites (tertiary alicyclic amines) is 1. The van der Waals surface area contributed by atoms with Crippen LogP contribution < -0.4 is 5.32 Å². The minimum Gasteiger partial charge on any atom is -0.347 e. The fourth-order valence-corrected chi connectivity index (χ4v) is 13.0. The summed E-state index contributed by atoms with van der Waals surface area (Å²) in [6.07, 6.45) is 17.8. The molecule has 5 aromatic rings. The number of nitrogens with zero attached hydrogens (tertiary/aromatic N) is 3. The molecule has 1 aliphatic heterocycles. The van der Waals surface area contributed by atoms with E-state index in [4.69, 9.17) is 34.8 Å². The van der Waals surface area contributed by atoms with Gasteiger partial charge < -0.3 is 10.2 Å². The third-order valence-corrected chi connectivity index (χ3v) is 16.1. The number of rotatable bonds is 10. The summed E-state index contributed by atoms with van der Waals surface area (Å²) in [5.74, 6) is 3.93. The molecule has 0 spiro atoms. The molecule has 5 aliphatic rings. The third-order valence-electron chi connectivity index (χ3n) is 12.3. The molecular formula is C48H49Cl3N4O2S2. The number of aryl methyl sites for hydroxylation is 1. The van der Waals surface area contributed by atoms with Gasteiger partial charge in [-0.1, -0.05) is 83.3 Å². The predicted octanol–water partition coefficient (Wildman–Crippen LogP) is 13.1. The van der Waals surface area contributed by atoms with Crippen molar-refractivity contribution in [1.82, 2.24) is 20.2 Å². The summed E-state index contributed by atoms with van der Waals surface area (Å²) in [5, 5.41) is 5.49. The fourth-order valence-electron chi connectivity index (χ4n) is 10.0. The number of benzene rings is 3. The van der Waals surface area contributed by atoms with Crippen LogP contribution in [0.5, 0.6) is 0 Å². The molecule has 10 rings (SSSR count). The van der Waals surface area contributed by atoms with Crippen LogP contribution in [-0.4, -0.2) is 38.8 Å². The third kappa shape index (κ3) is 10.2. The van der Waals surface area contributed by atoms with Crippen LogP contribution in [-0.2, 0) is 11.5 Å². The van der Waals surface area contributed by atoms with Crippen molar-refractivity contribution in [1.29, 1.82) is 0 Å². The van der Waals surface area contributed by atoms with Gasteiger partial charge in [-0.2, -0.15) is 0 Å². The van der Waals surface area contributed by atoms with Gasteiger partial charge in [-0.3, -0.25) is 19.6 Å². The Morgan fingerprint density at radius 2 is 1.27 bits per heavy atom. The molecule has 4 aliphatic carbocycles. The van der Waals surface area contributed by atoms with Gasteiger partial charge in [0.25, 0.3) is 11.8 Å². The number of carbonyl (C=O) groups excluding carboxylic acids is 2. The average molecular weight is 884 g/mol. The molecule has 6 nitrogen and oxygen atoms in total. The standard InChI is InChI=1S/C24H22Cl2N2OS.C24H27ClN2OS/c25-20-9-6-10-21(26)23(20)30-16-17-13-19(15-27-14-17)24(29)28-12-5-4-11-22(28)18-7-2-1-3-8-18;1-15-3-2-4-21(25)22(15)29-14-19-8-20(13-26-12-19)23(28)27-24-9-16-5-17(10-24)7-18(6-16)11-24/h1-3,6-10,13-15,22H,4-5,11-12,16H2;2-4,8,12-13,16-18H,5-7,9-11,14H2,1H3,(H,27,28). The van der Waals surface area contributed by atoms with E-state index in [1.165, 1.54) is 49.7 Å². The molecule has 306 valence electrons. The Morgan fingerprint density at radius 3 is 1.90 bits per heavy atom. The lowest BCUT2D eigenvalue weighted by molar-refractivity contribution is -0.0167. The molecule has 1 unspecified atom stereocenters. The number of piperidine rings is 1. The summed E-state index contributed by atoms with van der Waals surface area (Å²) >= 11 is 22.1. The number of pyridine rings is 2. The molecule has 1 atom stereocenters. The summed E-state index contributed by atoms with van der Waals surface area (Å²) in [5.41, 5.74) is 5.72. The largest absolute Gasteiger partial charge is 0.347 e. The number of amides is 2. The molecular weight excluding hydrogens is 835 g/mol. The highest BCUT2D eigenvalue weighted by molar-refractivity contribution is 7.99. The lowest BCUT2D eigenvalue weighted by Crippen LogP contribution is -2.59. The first-order chi connectivity index (χ1) is 28.6. The number of thioether (sulfide) groups is 2. The van der Waals surface area contributed by atoms with Gasteiger partial charge in [-0.15, -0.1) is 23.5 Å². The number of nitrogens with one attached hydrogen (secondary N) is 1. The van der Waals surface area contributed by atoms with Gasteiger partial charge in [0.05, 0.1) is 32.2 Å². The molecule has 3 heterocycles. The van der Waals surface area contributed by atoms with Gasteiger partial charge in [0.15, 0.2) is 0 Å². The van der Waals surface area contributed by atoms with Gasteiger partial charge in [0.1, 0.15) is 0 Å². The summed E-state index contributed by atoms with van der Waals surface area (Å²) in [6, 6.07) is 25.8. The van der Waals surface area contributed by atoms with Crippen molar-refractivity contribution in [3.8, 4) is 0 Å². The Hall–Kier alpha value is -3.53. The minimum absolute atomic E-state index is 0.0330. The van der Waals surface area contributed by atoms with Gasteiger partial charge >= 0.3 is 0 Å². The molecule has 1 saturated heterocycles. The van der Waals surface area contributed by atoms with E-state index in [1.807, 2.05) is 71.8 Å². The van der Waals surface area contributed by atoms with Crippen LogP contribution in [0.1, 0.15) is 107 Å². The van der Waals surface area contributed by atoms with Crippen LogP contribution in [0.3, 0.4) is 0 Å². The molecule has 1 N–H and O–H groups in total. The fraction of sp³-hybridized carbons (Fsp3) is 0.375. The summed E-state index contributed by atoms with van der Waals surface area (Å²) in [4.78, 5) is 39.1. The zero-order valence-electron chi connectivity index (χ0n) is 33.2. The molecule has 0 radical (unpaired) electrons. The maximum atomic E-state index is 13.4. The predicted molar refractivity (Wildman–Crippen MR) is 243 cm³/mol. The van der Waals surface area contributed by atoms with E-state index in [0.29, 0.717) is 26.9 Å². The maximum Gasteiger partial charge on any atom is 0.255 e. The second-order valence-corrected chi connectivity index (χ2v) is 19.9. The van der Waals surface area contributed by atoms with Gasteiger partial charge in [-0.05, 0) is 135 Å². The number of hydrogen-bond donors (Lipinski definition) is 1. The van der Waals surface area contributed by atoms with E-state index in [9.17, 15) is 9.59 Å². The Balaban J connectivity index is 0.000000164. The van der Waals surface area contributed by atoms with Crippen molar-refractivity contribution >= 4 is 70.1 Å². The van der Waals surface area contributed by atoms with Crippen LogP contribution in [0.4, 0.5) is 0 Å². The Kier molecular flexibility index (Phi) is 13.6. The first-order valence-electron chi connectivity index (χ1n) is 20.6. The van der Waals surface area contributed by atoms with Crippen LogP contribution in [0.25, 0.3) is 0 Å². The van der Waals surface area contributed by atoms with Crippen molar-refractivity contribution in [3.63, 3.8) is 0 Å². The van der Waals surface area contributed by atoms with E-state index in [0.717, 1.165) is 75.3 Å². The molecule has 2 amide bonds. The van der Waals surface area contributed by atoms with E-state index in [1.54, 1.807) is 42.1 Å². The van der Waals surface area contributed by atoms with Crippen molar-refractivity contribution < 1.29 is 9.59 Å². The van der Waals surface area contributed by atoms with E-state index in [2.05, 4.69) is 40.4 Å². The highest BCUT2D eigenvalue weighted by atomic mass is 35.5. The molecule has 11 heteroatoms. The quantitative estimate of drug-likeness (QED) is 0.141. The van der Waals surface area contributed by atoms with Crippen LogP contribution in [0, 0.1) is 24.7 Å². The summed E-state index contributed by atoms with van der Waals surface area (Å²) in [7, 11) is 0. The lowest BCUT2D eigenvalue weighted by atomic mass is 9.53. The molecule has 59 heavy (non-hydrogen) atoms. The first kappa shape index (κ1) is 42.2. The van der Waals surface area contributed by atoms with E-state index >= 15 is 0 Å². The lowest BCUT2D eigenvalue weighted by Gasteiger charge is -2.56. The van der Waals surface area contributed by atoms with Crippen LogP contribution >= 0.6 is 58.3 Å². The summed E-state index contributed by atoms with van der Waals surface area (Å²) < 4.78 is 0. The van der Waals surface area contributed by atoms with E-state index in [-0.39, 0.29) is 23.4 Å². The normalized spacial score (nSPS) is 23.0. The van der Waals surface area contributed by atoms with Crippen molar-refractivity contribution in [2.24, 2.45) is 17.8 Å². The monoisotopic (exact) mass is 882 g/mol. The Morgan fingerprint density at radius 1 is 0.712 bits per heavy atom. The molecule has 4 saturated carbocycles. The van der Waals surface area contributed by atoms with Gasteiger partial charge in [-0.25, -0.2) is 0 Å². The molecule has 3 aromatic carbocycles. The van der Waals surface area contributed by atoms with Crippen molar-refractivity contribution in [3.05, 3.63) is 152 Å². The average Bonchev–Trinajstić information content (AvgIpc) is 3.23. The van der Waals surface area contributed by atoms with Crippen molar-refractivity contribution in [2.75, 3.05) is 6.54 Å². The minimum atomic E-state index is 0.0330.